The molecule has 4 N–H and O–H groups in total. The van der Waals surface area contributed by atoms with Crippen LogP contribution in [0.1, 0.15) is 24.5 Å². The number of carbonyl (C=O) groups is 1. The SMILES string of the molecule is Cn1nc(N)c2c(-c3ccc(NC(=O)Nc4cccnc4)cc3)cc(C3CC3)nc21. The molecule has 0 aliphatic heterocycles. The minimum atomic E-state index is -0.324. The number of rotatable bonds is 4. The summed E-state index contributed by atoms with van der Waals surface area (Å²) in [4.78, 5) is 21.0. The average molecular weight is 399 g/mol. The van der Waals surface area contributed by atoms with E-state index < -0.39 is 0 Å². The first-order chi connectivity index (χ1) is 14.6. The molecule has 0 saturated heterocycles. The third kappa shape index (κ3) is 3.43. The number of carbonyl (C=O) groups excluding carboxylic acids is 1. The average Bonchev–Trinajstić information content (AvgIpc) is 3.55. The number of pyridine rings is 2. The Morgan fingerprint density at radius 1 is 1.13 bits per heavy atom. The van der Waals surface area contributed by atoms with E-state index in [0.717, 1.165) is 27.9 Å². The maximum atomic E-state index is 12.2. The molecule has 30 heavy (non-hydrogen) atoms. The number of urea groups is 1. The standard InChI is InChI=1S/C22H21N7O/c1-29-21-19(20(23)28-29)17(11-18(27-21)14-4-5-14)13-6-8-15(9-7-13)25-22(30)26-16-3-2-10-24-12-16/h2-3,6-12,14H,4-5H2,1H3,(H2,23,28)(H2,25,26,30). The Morgan fingerprint density at radius 2 is 1.90 bits per heavy atom. The summed E-state index contributed by atoms with van der Waals surface area (Å²) in [6, 6.07) is 13.0. The summed E-state index contributed by atoms with van der Waals surface area (Å²) in [6.07, 6.45) is 5.58. The lowest BCUT2D eigenvalue weighted by molar-refractivity contribution is 0.262. The van der Waals surface area contributed by atoms with Gasteiger partial charge in [-0.2, -0.15) is 5.10 Å². The lowest BCUT2D eigenvalue weighted by Gasteiger charge is -2.10. The number of anilines is 3. The molecule has 1 saturated carbocycles. The van der Waals surface area contributed by atoms with Gasteiger partial charge in [0.1, 0.15) is 0 Å². The van der Waals surface area contributed by atoms with E-state index >= 15 is 0 Å². The second-order valence-corrected chi connectivity index (χ2v) is 7.47. The van der Waals surface area contributed by atoms with Crippen LogP contribution in [0.25, 0.3) is 22.2 Å². The van der Waals surface area contributed by atoms with E-state index in [2.05, 4.69) is 26.8 Å². The van der Waals surface area contributed by atoms with Crippen molar-refractivity contribution >= 4 is 34.3 Å². The number of nitrogens with zero attached hydrogens (tertiary/aromatic N) is 4. The molecular weight excluding hydrogens is 378 g/mol. The van der Waals surface area contributed by atoms with Crippen molar-refractivity contribution in [3.05, 3.63) is 60.6 Å². The highest BCUT2D eigenvalue weighted by Gasteiger charge is 2.27. The molecule has 0 atom stereocenters. The van der Waals surface area contributed by atoms with E-state index in [1.54, 1.807) is 29.2 Å². The van der Waals surface area contributed by atoms with Crippen molar-refractivity contribution in [2.24, 2.45) is 7.05 Å². The van der Waals surface area contributed by atoms with Crippen molar-refractivity contribution in [2.45, 2.75) is 18.8 Å². The first-order valence-corrected chi connectivity index (χ1v) is 9.80. The van der Waals surface area contributed by atoms with Gasteiger partial charge in [0.2, 0.25) is 0 Å². The van der Waals surface area contributed by atoms with Crippen LogP contribution in [0.2, 0.25) is 0 Å². The number of benzene rings is 1. The number of amides is 2. The van der Waals surface area contributed by atoms with E-state index in [9.17, 15) is 4.79 Å². The van der Waals surface area contributed by atoms with Gasteiger partial charge in [0, 0.05) is 30.5 Å². The van der Waals surface area contributed by atoms with Crippen molar-refractivity contribution in [1.82, 2.24) is 19.7 Å². The minimum Gasteiger partial charge on any atom is -0.382 e. The van der Waals surface area contributed by atoms with Crippen LogP contribution >= 0.6 is 0 Å². The molecule has 3 heterocycles. The molecule has 5 rings (SSSR count). The Morgan fingerprint density at radius 3 is 2.60 bits per heavy atom. The number of nitrogens with two attached hydrogens (primary N) is 1. The monoisotopic (exact) mass is 399 g/mol. The highest BCUT2D eigenvalue weighted by atomic mass is 16.2. The highest BCUT2D eigenvalue weighted by Crippen LogP contribution is 2.42. The Kier molecular flexibility index (Phi) is 4.31. The van der Waals surface area contributed by atoms with E-state index in [1.165, 1.54) is 12.8 Å². The molecule has 1 aliphatic carbocycles. The number of nitrogens with one attached hydrogen (secondary N) is 2. The fourth-order valence-corrected chi connectivity index (χ4v) is 3.58. The van der Waals surface area contributed by atoms with E-state index in [4.69, 9.17) is 10.7 Å². The molecule has 8 nitrogen and oxygen atoms in total. The molecule has 0 radical (unpaired) electrons. The van der Waals surface area contributed by atoms with Gasteiger partial charge >= 0.3 is 6.03 Å². The van der Waals surface area contributed by atoms with Crippen molar-refractivity contribution in [3.8, 4) is 11.1 Å². The van der Waals surface area contributed by atoms with Crippen LogP contribution in [-0.2, 0) is 7.05 Å². The molecule has 1 aromatic carbocycles. The third-order valence-electron chi connectivity index (χ3n) is 5.21. The molecule has 4 aromatic rings. The maximum absolute atomic E-state index is 12.2. The van der Waals surface area contributed by atoms with Crippen molar-refractivity contribution in [2.75, 3.05) is 16.4 Å². The molecule has 0 spiro atoms. The molecule has 1 aliphatic rings. The lowest BCUT2D eigenvalue weighted by Crippen LogP contribution is -2.19. The normalized spacial score (nSPS) is 13.4. The summed E-state index contributed by atoms with van der Waals surface area (Å²) in [6.45, 7) is 0. The van der Waals surface area contributed by atoms with Gasteiger partial charge in [0.15, 0.2) is 11.5 Å². The minimum absolute atomic E-state index is 0.324. The second-order valence-electron chi connectivity index (χ2n) is 7.47. The second kappa shape index (κ2) is 7.14. The van der Waals surface area contributed by atoms with E-state index in [-0.39, 0.29) is 6.03 Å². The highest BCUT2D eigenvalue weighted by molar-refractivity contribution is 6.02. The number of aromatic nitrogens is 4. The number of nitrogen functional groups attached to an aromatic ring is 1. The zero-order chi connectivity index (χ0) is 20.7. The van der Waals surface area contributed by atoms with Gasteiger partial charge in [0.25, 0.3) is 0 Å². The van der Waals surface area contributed by atoms with Gasteiger partial charge < -0.3 is 16.4 Å². The molecule has 2 amide bonds. The first-order valence-electron chi connectivity index (χ1n) is 9.80. The number of hydrogen-bond donors (Lipinski definition) is 3. The van der Waals surface area contributed by atoms with Crippen molar-refractivity contribution in [3.63, 3.8) is 0 Å². The molecule has 1 fully saturated rings. The van der Waals surface area contributed by atoms with E-state index in [0.29, 0.717) is 23.1 Å². The maximum Gasteiger partial charge on any atom is 0.323 e. The zero-order valence-corrected chi connectivity index (χ0v) is 16.5. The van der Waals surface area contributed by atoms with Gasteiger partial charge in [-0.25, -0.2) is 14.5 Å². The van der Waals surface area contributed by atoms with Gasteiger partial charge in [0.05, 0.1) is 17.3 Å². The summed E-state index contributed by atoms with van der Waals surface area (Å²) >= 11 is 0. The molecule has 3 aromatic heterocycles. The topological polar surface area (TPSA) is 111 Å². The lowest BCUT2D eigenvalue weighted by atomic mass is 10.0. The van der Waals surface area contributed by atoms with Gasteiger partial charge in [-0.1, -0.05) is 12.1 Å². The van der Waals surface area contributed by atoms with Crippen LogP contribution in [0.5, 0.6) is 0 Å². The third-order valence-corrected chi connectivity index (χ3v) is 5.21. The van der Waals surface area contributed by atoms with E-state index in [1.807, 2.05) is 31.3 Å². The molecular formula is C22H21N7O. The Balaban J connectivity index is 1.43. The van der Waals surface area contributed by atoms with Crippen LogP contribution in [0.15, 0.2) is 54.9 Å². The Labute approximate surface area is 173 Å². The van der Waals surface area contributed by atoms with Crippen molar-refractivity contribution < 1.29 is 4.79 Å². The van der Waals surface area contributed by atoms with Crippen LogP contribution in [0, 0.1) is 0 Å². The van der Waals surface area contributed by atoms with Crippen LogP contribution in [0.3, 0.4) is 0 Å². The van der Waals surface area contributed by atoms with Crippen molar-refractivity contribution in [1.29, 1.82) is 0 Å². The number of aryl methyl sites for hydroxylation is 1. The first kappa shape index (κ1) is 18.1. The van der Waals surface area contributed by atoms with Crippen LogP contribution in [-0.4, -0.2) is 25.8 Å². The molecule has 0 bridgehead atoms. The van der Waals surface area contributed by atoms with Gasteiger partial charge in [-0.05, 0) is 54.3 Å². The van der Waals surface area contributed by atoms with Gasteiger partial charge in [-0.3, -0.25) is 4.98 Å². The fraction of sp³-hybridized carbons (Fsp3) is 0.182. The summed E-state index contributed by atoms with van der Waals surface area (Å²) < 4.78 is 1.73. The van der Waals surface area contributed by atoms with Crippen LogP contribution in [0.4, 0.5) is 22.0 Å². The molecule has 150 valence electrons. The number of hydrogen-bond acceptors (Lipinski definition) is 5. The smallest absolute Gasteiger partial charge is 0.323 e. The molecule has 0 unspecified atom stereocenters. The molecule has 8 heteroatoms. The van der Waals surface area contributed by atoms with Gasteiger partial charge in [-0.15, -0.1) is 0 Å². The Bertz CT molecular complexity index is 1230. The summed E-state index contributed by atoms with van der Waals surface area (Å²) in [7, 11) is 1.86. The van der Waals surface area contributed by atoms with Crippen LogP contribution < -0.4 is 16.4 Å². The zero-order valence-electron chi connectivity index (χ0n) is 16.5. The summed E-state index contributed by atoms with van der Waals surface area (Å²) in [5.41, 5.74) is 11.4. The summed E-state index contributed by atoms with van der Waals surface area (Å²) in [5, 5.41) is 10.8. The summed E-state index contributed by atoms with van der Waals surface area (Å²) in [5.74, 6) is 0.983. The number of fused-ring (bicyclic) bond motifs is 1. The fourth-order valence-electron chi connectivity index (χ4n) is 3.58. The Hall–Kier alpha value is -3.94. The predicted octanol–water partition coefficient (Wildman–Crippen LogP) is 4.13. The predicted molar refractivity (Wildman–Crippen MR) is 117 cm³/mol. The quantitative estimate of drug-likeness (QED) is 0.478. The largest absolute Gasteiger partial charge is 0.382 e.